The van der Waals surface area contributed by atoms with Gasteiger partial charge in [0.25, 0.3) is 5.91 Å². The van der Waals surface area contributed by atoms with Crippen LogP contribution in [-0.4, -0.2) is 30.6 Å². The number of amides is 1. The van der Waals surface area contributed by atoms with E-state index in [9.17, 15) is 4.79 Å². The van der Waals surface area contributed by atoms with E-state index in [2.05, 4.69) is 10.3 Å². The normalized spacial score (nSPS) is 12.4. The van der Waals surface area contributed by atoms with E-state index in [0.717, 1.165) is 4.88 Å². The molecule has 0 aliphatic rings. The van der Waals surface area contributed by atoms with Gasteiger partial charge in [-0.15, -0.1) is 11.3 Å². The number of nitrogens with one attached hydrogen (secondary N) is 1. The summed E-state index contributed by atoms with van der Waals surface area (Å²) in [6.45, 7) is 4.23. The van der Waals surface area contributed by atoms with Crippen LogP contribution >= 0.6 is 11.3 Å². The van der Waals surface area contributed by atoms with Gasteiger partial charge in [-0.3, -0.25) is 4.79 Å². The highest BCUT2D eigenvalue weighted by molar-refractivity contribution is 7.15. The molecule has 19 heavy (non-hydrogen) atoms. The van der Waals surface area contributed by atoms with Crippen LogP contribution in [0.15, 0.2) is 22.8 Å². The summed E-state index contributed by atoms with van der Waals surface area (Å²) >= 11 is 1.44. The van der Waals surface area contributed by atoms with Crippen molar-refractivity contribution in [3.63, 3.8) is 0 Å². The molecule has 2 aromatic rings. The molecule has 1 unspecified atom stereocenters. The molecule has 5 nitrogen and oxygen atoms in total. The van der Waals surface area contributed by atoms with Crippen LogP contribution in [0.2, 0.25) is 0 Å². The van der Waals surface area contributed by atoms with Gasteiger partial charge in [0.2, 0.25) is 0 Å². The highest BCUT2D eigenvalue weighted by atomic mass is 32.1. The number of aryl methyl sites for hydroxylation is 1. The van der Waals surface area contributed by atoms with Crippen LogP contribution in [0, 0.1) is 6.92 Å². The lowest BCUT2D eigenvalue weighted by atomic mass is 10.3. The summed E-state index contributed by atoms with van der Waals surface area (Å²) in [5.74, 6) is 0.494. The number of hydrogen-bond acceptors (Lipinski definition) is 5. The average molecular weight is 280 g/mol. The third kappa shape index (κ3) is 3.21. The van der Waals surface area contributed by atoms with Gasteiger partial charge in [0, 0.05) is 18.0 Å². The summed E-state index contributed by atoms with van der Waals surface area (Å²) in [5.41, 5.74) is 0.444. The Morgan fingerprint density at radius 3 is 3.05 bits per heavy atom. The molecule has 2 aromatic heterocycles. The molecule has 2 rings (SSSR count). The standard InChI is InChI=1S/C13H16N2O3S/c1-8(7-17-3)14-12(16)11-9(2)19-13(15-11)10-5-4-6-18-10/h4-6,8H,7H2,1-3H3,(H,14,16). The Labute approximate surface area is 115 Å². The van der Waals surface area contributed by atoms with Crippen molar-refractivity contribution in [2.45, 2.75) is 19.9 Å². The summed E-state index contributed by atoms with van der Waals surface area (Å²) in [5, 5.41) is 3.56. The molecule has 0 spiro atoms. The lowest BCUT2D eigenvalue weighted by Crippen LogP contribution is -2.36. The number of nitrogens with zero attached hydrogens (tertiary/aromatic N) is 1. The Morgan fingerprint density at radius 2 is 2.42 bits per heavy atom. The molecule has 0 saturated heterocycles. The van der Waals surface area contributed by atoms with Crippen molar-refractivity contribution in [1.29, 1.82) is 0 Å². The third-order valence-electron chi connectivity index (χ3n) is 2.54. The monoisotopic (exact) mass is 280 g/mol. The van der Waals surface area contributed by atoms with E-state index in [1.54, 1.807) is 19.4 Å². The van der Waals surface area contributed by atoms with E-state index in [0.29, 0.717) is 23.1 Å². The Bertz CT molecular complexity index is 548. The predicted octanol–water partition coefficient (Wildman–Crippen LogP) is 2.48. The second kappa shape index (κ2) is 5.99. The minimum atomic E-state index is -0.184. The molecule has 6 heteroatoms. The zero-order chi connectivity index (χ0) is 13.8. The fraction of sp³-hybridized carbons (Fsp3) is 0.385. The first-order chi connectivity index (χ1) is 9.11. The molecule has 1 atom stereocenters. The molecular weight excluding hydrogens is 264 g/mol. The minimum Gasteiger partial charge on any atom is -0.462 e. The maximum atomic E-state index is 12.1. The first-order valence-corrected chi connectivity index (χ1v) is 6.74. The molecule has 0 aromatic carbocycles. The van der Waals surface area contributed by atoms with E-state index in [1.807, 2.05) is 19.9 Å². The molecule has 1 amide bonds. The number of thiazole rings is 1. The van der Waals surface area contributed by atoms with Crippen LogP contribution in [0.4, 0.5) is 0 Å². The Balaban J connectivity index is 2.14. The number of aromatic nitrogens is 1. The first-order valence-electron chi connectivity index (χ1n) is 5.93. The summed E-state index contributed by atoms with van der Waals surface area (Å²) in [6, 6.07) is 3.57. The van der Waals surface area contributed by atoms with Gasteiger partial charge in [-0.25, -0.2) is 4.98 Å². The SMILES string of the molecule is COCC(C)NC(=O)c1nc(-c2ccco2)sc1C. The van der Waals surface area contributed by atoms with Gasteiger partial charge in [0.15, 0.2) is 10.8 Å². The second-order valence-corrected chi connectivity index (χ2v) is 5.43. The Hall–Kier alpha value is -1.66. The number of furan rings is 1. The van der Waals surface area contributed by atoms with Crippen LogP contribution in [0.3, 0.4) is 0 Å². The maximum Gasteiger partial charge on any atom is 0.271 e. The highest BCUT2D eigenvalue weighted by Crippen LogP contribution is 2.27. The summed E-state index contributed by atoms with van der Waals surface area (Å²) in [6.07, 6.45) is 1.59. The van der Waals surface area contributed by atoms with Gasteiger partial charge >= 0.3 is 0 Å². The van der Waals surface area contributed by atoms with Crippen molar-refractivity contribution in [3.8, 4) is 10.8 Å². The molecule has 0 fully saturated rings. The molecule has 0 aliphatic heterocycles. The van der Waals surface area contributed by atoms with E-state index in [4.69, 9.17) is 9.15 Å². The van der Waals surface area contributed by atoms with Crippen LogP contribution in [0.1, 0.15) is 22.3 Å². The highest BCUT2D eigenvalue weighted by Gasteiger charge is 2.18. The van der Waals surface area contributed by atoms with Gasteiger partial charge in [0.05, 0.1) is 12.9 Å². The smallest absolute Gasteiger partial charge is 0.271 e. The van der Waals surface area contributed by atoms with E-state index < -0.39 is 0 Å². The first kappa shape index (κ1) is 13.8. The Morgan fingerprint density at radius 1 is 1.63 bits per heavy atom. The number of ether oxygens (including phenoxy) is 1. The quantitative estimate of drug-likeness (QED) is 0.913. The summed E-state index contributed by atoms with van der Waals surface area (Å²) in [4.78, 5) is 17.3. The van der Waals surface area contributed by atoms with Crippen molar-refractivity contribution >= 4 is 17.2 Å². The number of hydrogen-bond donors (Lipinski definition) is 1. The zero-order valence-electron chi connectivity index (χ0n) is 11.1. The van der Waals surface area contributed by atoms with Crippen molar-refractivity contribution in [2.75, 3.05) is 13.7 Å². The van der Waals surface area contributed by atoms with Gasteiger partial charge in [-0.05, 0) is 26.0 Å². The predicted molar refractivity (Wildman–Crippen MR) is 73.4 cm³/mol. The molecule has 0 radical (unpaired) electrons. The second-order valence-electron chi connectivity index (χ2n) is 4.23. The molecule has 102 valence electrons. The molecule has 0 aliphatic carbocycles. The Kier molecular flexibility index (Phi) is 4.34. The van der Waals surface area contributed by atoms with Gasteiger partial charge in [0.1, 0.15) is 5.69 Å². The van der Waals surface area contributed by atoms with E-state index in [-0.39, 0.29) is 11.9 Å². The van der Waals surface area contributed by atoms with Crippen LogP contribution in [0.5, 0.6) is 0 Å². The van der Waals surface area contributed by atoms with Crippen molar-refractivity contribution in [2.24, 2.45) is 0 Å². The number of rotatable bonds is 5. The van der Waals surface area contributed by atoms with Crippen LogP contribution < -0.4 is 5.32 Å². The zero-order valence-corrected chi connectivity index (χ0v) is 11.9. The maximum absolute atomic E-state index is 12.1. The average Bonchev–Trinajstić information content (AvgIpc) is 2.97. The number of carbonyl (C=O) groups excluding carboxylic acids is 1. The molecule has 0 bridgehead atoms. The molecule has 1 N–H and O–H groups in total. The number of carbonyl (C=O) groups is 1. The lowest BCUT2D eigenvalue weighted by Gasteiger charge is -2.11. The fourth-order valence-corrected chi connectivity index (χ4v) is 2.58. The molecule has 2 heterocycles. The summed E-state index contributed by atoms with van der Waals surface area (Å²) < 4.78 is 10.3. The van der Waals surface area contributed by atoms with Crippen molar-refractivity contribution in [3.05, 3.63) is 29.0 Å². The molecular formula is C13H16N2O3S. The van der Waals surface area contributed by atoms with E-state index in [1.165, 1.54) is 11.3 Å². The van der Waals surface area contributed by atoms with Crippen molar-refractivity contribution < 1.29 is 13.9 Å². The minimum absolute atomic E-state index is 0.0503. The largest absolute Gasteiger partial charge is 0.462 e. The van der Waals surface area contributed by atoms with Crippen molar-refractivity contribution in [1.82, 2.24) is 10.3 Å². The van der Waals surface area contributed by atoms with Crippen LogP contribution in [-0.2, 0) is 4.74 Å². The fourth-order valence-electron chi connectivity index (χ4n) is 1.70. The molecule has 0 saturated carbocycles. The van der Waals surface area contributed by atoms with Gasteiger partial charge in [-0.1, -0.05) is 0 Å². The van der Waals surface area contributed by atoms with Gasteiger partial charge < -0.3 is 14.5 Å². The lowest BCUT2D eigenvalue weighted by molar-refractivity contribution is 0.0901. The number of methoxy groups -OCH3 is 1. The van der Waals surface area contributed by atoms with Gasteiger partial charge in [-0.2, -0.15) is 0 Å². The van der Waals surface area contributed by atoms with E-state index >= 15 is 0 Å². The van der Waals surface area contributed by atoms with Crippen LogP contribution in [0.25, 0.3) is 10.8 Å². The topological polar surface area (TPSA) is 64.4 Å². The third-order valence-corrected chi connectivity index (χ3v) is 3.52. The summed E-state index contributed by atoms with van der Waals surface area (Å²) in [7, 11) is 1.60.